The molecule has 2 bridgehead atoms. The van der Waals surface area contributed by atoms with E-state index in [9.17, 15) is 0 Å². The fourth-order valence-electron chi connectivity index (χ4n) is 4.63. The average Bonchev–Trinajstić information content (AvgIpc) is 2.65. The number of hydrogen-bond acceptors (Lipinski definition) is 0. The van der Waals surface area contributed by atoms with E-state index in [-0.39, 0.29) is 0 Å². The minimum atomic E-state index is 0.513. The Hall–Kier alpha value is -0.520. The lowest BCUT2D eigenvalue weighted by Gasteiger charge is -2.33. The Morgan fingerprint density at radius 3 is 2.60 bits per heavy atom. The molecule has 3 aliphatic carbocycles. The molecule has 0 N–H and O–H groups in total. The van der Waals surface area contributed by atoms with E-state index in [1.54, 1.807) is 11.1 Å². The molecule has 0 aromatic rings. The highest BCUT2D eigenvalue weighted by molar-refractivity contribution is 5.36. The standard InChI is InChI=1S/C20H32/c1-2-3-10-16-15-17-11-6-4-7-12-18(16)20-14-9-5-8-13-19(17)20/h15,17-18H,2-14H2,1H3/t17-,18+/m1/s1/i15D. The molecule has 112 valence electrons. The fourth-order valence-corrected chi connectivity index (χ4v) is 4.63. The Kier molecular flexibility index (Phi) is 4.58. The number of fused-ring (bicyclic) bond motifs is 4. The van der Waals surface area contributed by atoms with Gasteiger partial charge in [0.2, 0.25) is 0 Å². The van der Waals surface area contributed by atoms with Gasteiger partial charge in [0.15, 0.2) is 0 Å². The Labute approximate surface area is 127 Å². The molecule has 0 aliphatic heterocycles. The predicted octanol–water partition coefficient (Wildman–Crippen LogP) is 6.57. The summed E-state index contributed by atoms with van der Waals surface area (Å²) < 4.78 is 8.87. The van der Waals surface area contributed by atoms with Gasteiger partial charge >= 0.3 is 0 Å². The van der Waals surface area contributed by atoms with E-state index in [0.29, 0.717) is 11.8 Å². The minimum Gasteiger partial charge on any atom is -0.0775 e. The minimum absolute atomic E-state index is 0.513. The molecule has 3 rings (SSSR count). The van der Waals surface area contributed by atoms with Crippen molar-refractivity contribution in [3.63, 3.8) is 0 Å². The summed E-state index contributed by atoms with van der Waals surface area (Å²) in [6.45, 7) is 2.29. The molecule has 0 amide bonds. The molecule has 3 aliphatic rings. The predicted molar refractivity (Wildman–Crippen MR) is 87.8 cm³/mol. The van der Waals surface area contributed by atoms with Crippen LogP contribution in [0.3, 0.4) is 0 Å². The van der Waals surface area contributed by atoms with Gasteiger partial charge in [-0.3, -0.25) is 0 Å². The van der Waals surface area contributed by atoms with Gasteiger partial charge in [-0.05, 0) is 57.3 Å². The number of rotatable bonds is 3. The Balaban J connectivity index is 1.98. The van der Waals surface area contributed by atoms with E-state index in [2.05, 4.69) is 6.92 Å². The summed E-state index contributed by atoms with van der Waals surface area (Å²) in [5, 5.41) is 0. The molecule has 2 atom stereocenters. The molecule has 0 heterocycles. The van der Waals surface area contributed by atoms with Crippen molar-refractivity contribution in [2.45, 2.75) is 90.4 Å². The van der Waals surface area contributed by atoms with Gasteiger partial charge in [-0.15, -0.1) is 0 Å². The molecule has 0 spiro atoms. The van der Waals surface area contributed by atoms with E-state index >= 15 is 0 Å². The maximum atomic E-state index is 8.87. The number of unbranched alkanes of at least 4 members (excludes halogenated alkanes) is 1. The zero-order chi connectivity index (χ0) is 14.7. The van der Waals surface area contributed by atoms with E-state index in [1.165, 1.54) is 83.5 Å². The van der Waals surface area contributed by atoms with E-state index < -0.39 is 0 Å². The van der Waals surface area contributed by atoms with Crippen molar-refractivity contribution in [1.82, 2.24) is 0 Å². The van der Waals surface area contributed by atoms with Gasteiger partial charge < -0.3 is 0 Å². The van der Waals surface area contributed by atoms with Crippen LogP contribution in [0.4, 0.5) is 0 Å². The first kappa shape index (κ1) is 13.2. The van der Waals surface area contributed by atoms with Gasteiger partial charge in [0.25, 0.3) is 0 Å². The van der Waals surface area contributed by atoms with E-state index in [0.717, 1.165) is 6.05 Å². The first-order chi connectivity index (χ1) is 10.3. The van der Waals surface area contributed by atoms with Crippen LogP contribution in [-0.2, 0) is 0 Å². The molecule has 0 heteroatoms. The zero-order valence-electron chi connectivity index (χ0n) is 14.3. The lowest BCUT2D eigenvalue weighted by Crippen LogP contribution is -2.19. The smallest absolute Gasteiger partial charge is 0.0582 e. The Bertz CT molecular complexity index is 429. The summed E-state index contributed by atoms with van der Waals surface area (Å²) >= 11 is 0. The molecule has 0 aromatic heterocycles. The monoisotopic (exact) mass is 273 g/mol. The van der Waals surface area contributed by atoms with Gasteiger partial charge in [-0.1, -0.05) is 61.8 Å². The maximum absolute atomic E-state index is 8.87. The summed E-state index contributed by atoms with van der Waals surface area (Å²) in [7, 11) is 0. The van der Waals surface area contributed by atoms with Crippen molar-refractivity contribution in [2.24, 2.45) is 11.8 Å². The SMILES string of the molecule is [2H]C1=C(CCCC)[C@@H]2CCCCC[C@H]1C1=C2CCCCC1. The molecule has 0 unspecified atom stereocenters. The molecular weight excluding hydrogens is 240 g/mol. The van der Waals surface area contributed by atoms with Gasteiger partial charge in [-0.25, -0.2) is 0 Å². The summed E-state index contributed by atoms with van der Waals surface area (Å²) in [4.78, 5) is 0. The largest absolute Gasteiger partial charge is 0.0775 e. The highest BCUT2D eigenvalue weighted by Crippen LogP contribution is 2.46. The summed E-state index contributed by atoms with van der Waals surface area (Å²) in [5.41, 5.74) is 5.12. The first-order valence-corrected chi connectivity index (χ1v) is 9.24. The van der Waals surface area contributed by atoms with Gasteiger partial charge in [0.05, 0.1) is 1.37 Å². The van der Waals surface area contributed by atoms with Crippen LogP contribution < -0.4 is 0 Å². The van der Waals surface area contributed by atoms with Gasteiger partial charge in [0.1, 0.15) is 0 Å². The second-order valence-corrected chi connectivity index (χ2v) is 7.13. The third kappa shape index (κ3) is 3.05. The van der Waals surface area contributed by atoms with Crippen molar-refractivity contribution in [3.05, 3.63) is 22.8 Å². The molecular formula is C20H32. The molecule has 0 aromatic carbocycles. The van der Waals surface area contributed by atoms with Gasteiger partial charge in [-0.2, -0.15) is 0 Å². The Morgan fingerprint density at radius 1 is 1.00 bits per heavy atom. The molecule has 0 fully saturated rings. The lowest BCUT2D eigenvalue weighted by molar-refractivity contribution is 0.532. The van der Waals surface area contributed by atoms with Crippen LogP contribution in [0.15, 0.2) is 22.8 Å². The van der Waals surface area contributed by atoms with E-state index in [1.807, 2.05) is 5.57 Å². The normalized spacial score (nSPS) is 32.1. The highest BCUT2D eigenvalue weighted by Gasteiger charge is 2.31. The Morgan fingerprint density at radius 2 is 1.75 bits per heavy atom. The quantitative estimate of drug-likeness (QED) is 0.510. The number of allylic oxidation sites excluding steroid dienone is 4. The zero-order valence-corrected chi connectivity index (χ0v) is 13.3. The second-order valence-electron chi connectivity index (χ2n) is 7.13. The van der Waals surface area contributed by atoms with Crippen LogP contribution >= 0.6 is 0 Å². The number of hydrogen-bond donors (Lipinski definition) is 0. The van der Waals surface area contributed by atoms with Crippen molar-refractivity contribution in [2.75, 3.05) is 0 Å². The molecule has 0 saturated carbocycles. The van der Waals surface area contributed by atoms with Crippen LogP contribution in [0.5, 0.6) is 0 Å². The molecule has 0 nitrogen and oxygen atoms in total. The van der Waals surface area contributed by atoms with Crippen molar-refractivity contribution >= 4 is 0 Å². The molecule has 0 radical (unpaired) electrons. The van der Waals surface area contributed by atoms with Crippen molar-refractivity contribution in [1.29, 1.82) is 0 Å². The highest BCUT2D eigenvalue weighted by atomic mass is 14.4. The average molecular weight is 273 g/mol. The van der Waals surface area contributed by atoms with E-state index in [4.69, 9.17) is 1.37 Å². The van der Waals surface area contributed by atoms with Crippen LogP contribution in [0.25, 0.3) is 0 Å². The third-order valence-electron chi connectivity index (χ3n) is 5.71. The first-order valence-electron chi connectivity index (χ1n) is 9.74. The van der Waals surface area contributed by atoms with Gasteiger partial charge in [0, 0.05) is 5.92 Å². The summed E-state index contributed by atoms with van der Waals surface area (Å²) in [6.07, 6.45) is 17.3. The summed E-state index contributed by atoms with van der Waals surface area (Å²) in [6, 6.07) is 1.07. The summed E-state index contributed by atoms with van der Waals surface area (Å²) in [5.74, 6) is 1.19. The van der Waals surface area contributed by atoms with Crippen LogP contribution in [0.1, 0.15) is 91.8 Å². The van der Waals surface area contributed by atoms with Crippen LogP contribution in [-0.4, -0.2) is 0 Å². The van der Waals surface area contributed by atoms with Crippen molar-refractivity contribution in [3.8, 4) is 0 Å². The van der Waals surface area contributed by atoms with Crippen LogP contribution in [0.2, 0.25) is 0 Å². The molecule has 20 heavy (non-hydrogen) atoms. The third-order valence-corrected chi connectivity index (χ3v) is 5.71. The maximum Gasteiger partial charge on any atom is 0.0582 e. The topological polar surface area (TPSA) is 0 Å². The lowest BCUT2D eigenvalue weighted by atomic mass is 9.72. The van der Waals surface area contributed by atoms with Crippen molar-refractivity contribution < 1.29 is 1.37 Å². The second kappa shape index (κ2) is 6.96. The van der Waals surface area contributed by atoms with Crippen LogP contribution in [0, 0.1) is 11.8 Å². The molecule has 0 saturated heterocycles. The fraction of sp³-hybridized carbons (Fsp3) is 0.800.